The first-order valence-corrected chi connectivity index (χ1v) is 7.78. The van der Waals surface area contributed by atoms with E-state index in [1.54, 1.807) is 7.11 Å². The Kier molecular flexibility index (Phi) is 5.29. The molecule has 0 saturated carbocycles. The molecule has 1 aliphatic heterocycles. The van der Waals surface area contributed by atoms with Gasteiger partial charge in [0.05, 0.1) is 7.11 Å². The average Bonchev–Trinajstić information content (AvgIpc) is 2.91. The fourth-order valence-corrected chi connectivity index (χ4v) is 2.61. The molecule has 0 spiro atoms. The summed E-state index contributed by atoms with van der Waals surface area (Å²) in [7, 11) is 1.65. The van der Waals surface area contributed by atoms with Gasteiger partial charge in [-0.2, -0.15) is 0 Å². The molecule has 1 fully saturated rings. The van der Waals surface area contributed by atoms with Crippen molar-refractivity contribution in [3.05, 3.63) is 23.8 Å². The van der Waals surface area contributed by atoms with E-state index in [2.05, 4.69) is 10.6 Å². The van der Waals surface area contributed by atoms with Crippen molar-refractivity contribution in [2.45, 2.75) is 51.7 Å². The molecule has 122 valence electrons. The van der Waals surface area contributed by atoms with Gasteiger partial charge in [0, 0.05) is 17.8 Å². The van der Waals surface area contributed by atoms with E-state index < -0.39 is 11.7 Å². The maximum Gasteiger partial charge on any atom is 0.412 e. The van der Waals surface area contributed by atoms with E-state index in [0.29, 0.717) is 11.7 Å². The van der Waals surface area contributed by atoms with Crippen molar-refractivity contribution in [1.29, 1.82) is 0 Å². The number of amides is 1. The van der Waals surface area contributed by atoms with Crippen molar-refractivity contribution in [3.63, 3.8) is 0 Å². The summed E-state index contributed by atoms with van der Waals surface area (Å²) in [6.07, 6.45) is 2.90. The Labute approximate surface area is 132 Å². The molecular weight excluding hydrogens is 280 g/mol. The number of carbonyl (C=O) groups excluding carboxylic acids is 1. The van der Waals surface area contributed by atoms with Crippen LogP contribution in [-0.2, 0) is 11.2 Å². The standard InChI is InChI=1S/C17H26N2O3/c1-17(2,3)22-16(20)19-14-8-7-12(15(11-14)21-4)10-13-6-5-9-18-13/h7-8,11,13,18H,5-6,9-10H2,1-4H3,(H,19,20). The first-order valence-electron chi connectivity index (χ1n) is 7.78. The minimum atomic E-state index is -0.512. The van der Waals surface area contributed by atoms with Crippen molar-refractivity contribution in [3.8, 4) is 5.75 Å². The topological polar surface area (TPSA) is 59.6 Å². The molecule has 0 aliphatic carbocycles. The van der Waals surface area contributed by atoms with E-state index in [9.17, 15) is 4.79 Å². The largest absolute Gasteiger partial charge is 0.496 e. The maximum atomic E-state index is 11.8. The minimum absolute atomic E-state index is 0.459. The van der Waals surface area contributed by atoms with Gasteiger partial charge in [0.15, 0.2) is 0 Å². The zero-order valence-electron chi connectivity index (χ0n) is 13.9. The highest BCUT2D eigenvalue weighted by Crippen LogP contribution is 2.26. The molecule has 2 N–H and O–H groups in total. The van der Waals surface area contributed by atoms with Gasteiger partial charge in [-0.1, -0.05) is 6.07 Å². The second kappa shape index (κ2) is 7.01. The summed E-state index contributed by atoms with van der Waals surface area (Å²) < 4.78 is 10.7. The van der Waals surface area contributed by atoms with Crippen molar-refractivity contribution < 1.29 is 14.3 Å². The second-order valence-electron chi connectivity index (χ2n) is 6.65. The SMILES string of the molecule is COc1cc(NC(=O)OC(C)(C)C)ccc1CC1CCCN1. The Balaban J connectivity index is 2.03. The molecule has 1 atom stereocenters. The molecule has 5 heteroatoms. The van der Waals surface area contributed by atoms with Crippen LogP contribution in [0.25, 0.3) is 0 Å². The third-order valence-electron chi connectivity index (χ3n) is 3.56. The lowest BCUT2D eigenvalue weighted by atomic mass is 10.0. The van der Waals surface area contributed by atoms with Crippen molar-refractivity contribution in [1.82, 2.24) is 5.32 Å². The molecule has 0 aromatic heterocycles. The first-order chi connectivity index (χ1) is 10.4. The number of methoxy groups -OCH3 is 1. The van der Waals surface area contributed by atoms with Crippen LogP contribution in [0.4, 0.5) is 10.5 Å². The monoisotopic (exact) mass is 306 g/mol. The van der Waals surface area contributed by atoms with Gasteiger partial charge in [0.1, 0.15) is 11.4 Å². The molecule has 1 aliphatic rings. The van der Waals surface area contributed by atoms with Crippen LogP contribution in [0.3, 0.4) is 0 Å². The van der Waals surface area contributed by atoms with Crippen LogP contribution >= 0.6 is 0 Å². The number of hydrogen-bond donors (Lipinski definition) is 2. The zero-order valence-corrected chi connectivity index (χ0v) is 13.9. The van der Waals surface area contributed by atoms with E-state index in [-0.39, 0.29) is 0 Å². The van der Waals surface area contributed by atoms with Gasteiger partial charge in [0.25, 0.3) is 0 Å². The smallest absolute Gasteiger partial charge is 0.412 e. The summed E-state index contributed by atoms with van der Waals surface area (Å²) in [4.78, 5) is 11.8. The summed E-state index contributed by atoms with van der Waals surface area (Å²) in [6.45, 7) is 6.60. The van der Waals surface area contributed by atoms with Crippen LogP contribution in [0.15, 0.2) is 18.2 Å². The summed E-state index contributed by atoms with van der Waals surface area (Å²) in [5.74, 6) is 0.794. The molecule has 5 nitrogen and oxygen atoms in total. The third-order valence-corrected chi connectivity index (χ3v) is 3.56. The van der Waals surface area contributed by atoms with Crippen LogP contribution < -0.4 is 15.4 Å². The molecule has 1 amide bonds. The normalized spacial score (nSPS) is 18.1. The highest BCUT2D eigenvalue weighted by atomic mass is 16.6. The van der Waals surface area contributed by atoms with Crippen LogP contribution in [0, 0.1) is 0 Å². The summed E-state index contributed by atoms with van der Waals surface area (Å²) >= 11 is 0. The van der Waals surface area contributed by atoms with E-state index in [0.717, 1.165) is 24.3 Å². The highest BCUT2D eigenvalue weighted by Gasteiger charge is 2.18. The fraction of sp³-hybridized carbons (Fsp3) is 0.588. The molecular formula is C17H26N2O3. The molecule has 0 bridgehead atoms. The predicted octanol–water partition coefficient (Wildman–Crippen LogP) is 3.34. The Morgan fingerprint density at radius 3 is 2.77 bits per heavy atom. The lowest BCUT2D eigenvalue weighted by molar-refractivity contribution is 0.0636. The summed E-state index contributed by atoms with van der Waals surface area (Å²) in [6, 6.07) is 6.25. The molecule has 1 unspecified atom stereocenters. The maximum absolute atomic E-state index is 11.8. The lowest BCUT2D eigenvalue weighted by Gasteiger charge is -2.20. The van der Waals surface area contributed by atoms with Crippen LogP contribution in [0.1, 0.15) is 39.2 Å². The fourth-order valence-electron chi connectivity index (χ4n) is 2.61. The van der Waals surface area contributed by atoms with Gasteiger partial charge in [-0.15, -0.1) is 0 Å². The third kappa shape index (κ3) is 4.91. The molecule has 22 heavy (non-hydrogen) atoms. The van der Waals surface area contributed by atoms with Crippen molar-refractivity contribution in [2.24, 2.45) is 0 Å². The average molecular weight is 306 g/mol. The number of rotatable bonds is 4. The van der Waals surface area contributed by atoms with Crippen LogP contribution in [0.5, 0.6) is 5.75 Å². The Hall–Kier alpha value is -1.75. The van der Waals surface area contributed by atoms with Gasteiger partial charge in [0.2, 0.25) is 0 Å². The Bertz CT molecular complexity index is 517. The van der Waals surface area contributed by atoms with E-state index >= 15 is 0 Å². The molecule has 1 aromatic rings. The van der Waals surface area contributed by atoms with E-state index in [1.807, 2.05) is 39.0 Å². The predicted molar refractivity (Wildman–Crippen MR) is 87.6 cm³/mol. The van der Waals surface area contributed by atoms with Crippen molar-refractivity contribution in [2.75, 3.05) is 19.0 Å². The van der Waals surface area contributed by atoms with Gasteiger partial charge in [-0.05, 0) is 58.2 Å². The lowest BCUT2D eigenvalue weighted by Crippen LogP contribution is -2.27. The number of carbonyl (C=O) groups is 1. The molecule has 1 heterocycles. The molecule has 1 saturated heterocycles. The Morgan fingerprint density at radius 1 is 1.41 bits per heavy atom. The first kappa shape index (κ1) is 16.6. The van der Waals surface area contributed by atoms with Gasteiger partial charge < -0.3 is 14.8 Å². The summed E-state index contributed by atoms with van der Waals surface area (Å²) in [5, 5.41) is 6.22. The number of benzene rings is 1. The second-order valence-corrected chi connectivity index (χ2v) is 6.65. The van der Waals surface area contributed by atoms with E-state index in [1.165, 1.54) is 12.8 Å². The minimum Gasteiger partial charge on any atom is -0.496 e. The molecule has 0 radical (unpaired) electrons. The quantitative estimate of drug-likeness (QED) is 0.895. The van der Waals surface area contributed by atoms with Gasteiger partial charge >= 0.3 is 6.09 Å². The highest BCUT2D eigenvalue weighted by molar-refractivity contribution is 5.85. The van der Waals surface area contributed by atoms with Crippen LogP contribution in [-0.4, -0.2) is 31.4 Å². The zero-order chi connectivity index (χ0) is 16.2. The number of anilines is 1. The van der Waals surface area contributed by atoms with E-state index in [4.69, 9.17) is 9.47 Å². The number of hydrogen-bond acceptors (Lipinski definition) is 4. The summed E-state index contributed by atoms with van der Waals surface area (Å²) in [5.41, 5.74) is 1.31. The molecule has 1 aromatic carbocycles. The molecule has 2 rings (SSSR count). The number of ether oxygens (including phenoxy) is 2. The van der Waals surface area contributed by atoms with Gasteiger partial charge in [-0.3, -0.25) is 5.32 Å². The van der Waals surface area contributed by atoms with Gasteiger partial charge in [-0.25, -0.2) is 4.79 Å². The van der Waals surface area contributed by atoms with Crippen molar-refractivity contribution >= 4 is 11.8 Å². The Morgan fingerprint density at radius 2 is 2.18 bits per heavy atom. The van der Waals surface area contributed by atoms with Crippen LogP contribution in [0.2, 0.25) is 0 Å². The number of nitrogens with one attached hydrogen (secondary N) is 2.